The van der Waals surface area contributed by atoms with Gasteiger partial charge in [-0.25, -0.2) is 4.39 Å². The van der Waals surface area contributed by atoms with Gasteiger partial charge in [0.15, 0.2) is 0 Å². The van der Waals surface area contributed by atoms with E-state index >= 15 is 0 Å². The van der Waals surface area contributed by atoms with Gasteiger partial charge in [-0.05, 0) is 23.8 Å². The Morgan fingerprint density at radius 2 is 1.79 bits per heavy atom. The highest BCUT2D eigenvalue weighted by atomic mass is 19.4. The first-order chi connectivity index (χ1) is 15.8. The Morgan fingerprint density at radius 1 is 1.09 bits per heavy atom. The van der Waals surface area contributed by atoms with E-state index in [-0.39, 0.29) is 30.4 Å². The summed E-state index contributed by atoms with van der Waals surface area (Å²) in [5.41, 5.74) is -0.174. The molecule has 186 valence electrons. The lowest BCUT2D eigenvalue weighted by Crippen LogP contribution is -2.53. The molecule has 1 aliphatic heterocycles. The molecule has 1 saturated heterocycles. The molecule has 34 heavy (non-hydrogen) atoms. The van der Waals surface area contributed by atoms with Crippen molar-refractivity contribution in [3.63, 3.8) is 0 Å². The molecule has 0 aliphatic carbocycles. The highest BCUT2D eigenvalue weighted by Gasteiger charge is 2.36. The molecule has 0 N–H and O–H groups in total. The second-order valence-corrected chi connectivity index (χ2v) is 8.26. The van der Waals surface area contributed by atoms with Crippen LogP contribution < -0.4 is 4.74 Å². The summed E-state index contributed by atoms with van der Waals surface area (Å²) in [6.45, 7) is 0.247. The first kappa shape index (κ1) is 25.8. The van der Waals surface area contributed by atoms with Crippen LogP contribution in [0, 0.1) is 11.7 Å². The zero-order valence-corrected chi connectivity index (χ0v) is 18.2. The average Bonchev–Trinajstić information content (AvgIpc) is 2.72. The monoisotopic (exact) mass is 492 g/mol. The van der Waals surface area contributed by atoms with Crippen molar-refractivity contribution in [2.45, 2.75) is 31.9 Å². The number of hydrogen-bond donors (Lipinski definition) is 0. The molecule has 0 atom stereocenters. The zero-order valence-electron chi connectivity index (χ0n) is 18.2. The first-order valence-corrected chi connectivity index (χ1v) is 10.4. The second-order valence-electron chi connectivity index (χ2n) is 8.26. The second kappa shape index (κ2) is 10.2. The van der Waals surface area contributed by atoms with Gasteiger partial charge in [0.25, 0.3) is 0 Å². The molecule has 3 rings (SSSR count). The van der Waals surface area contributed by atoms with Gasteiger partial charge in [0.05, 0.1) is 17.9 Å². The topological polar surface area (TPSA) is 32.8 Å². The van der Waals surface area contributed by atoms with Crippen LogP contribution in [0.2, 0.25) is 0 Å². The predicted octanol–water partition coefficient (Wildman–Crippen LogP) is 5.27. The number of carbonyl (C=O) groups is 1. The minimum Gasteiger partial charge on any atom is -0.489 e. The lowest BCUT2D eigenvalue weighted by molar-refractivity contribution is -0.149. The summed E-state index contributed by atoms with van der Waals surface area (Å²) >= 11 is 0. The highest BCUT2D eigenvalue weighted by Crippen LogP contribution is 2.30. The molecule has 0 spiro atoms. The van der Waals surface area contributed by atoms with Gasteiger partial charge >= 0.3 is 12.4 Å². The standard InChI is InChI=1S/C23H23F7N2O2/c1-31(8-7-22(25,26)27)21(33)17-12-32(13-17)11-16-5-6-19(10-20(16)24)34-14-15-3-2-4-18(9-15)23(28,29)30/h2-6,9-10,17H,7-8,11-14H2,1H3. The third kappa shape index (κ3) is 7.09. The molecule has 4 nitrogen and oxygen atoms in total. The molecule has 1 aliphatic rings. The molecule has 1 heterocycles. The van der Waals surface area contributed by atoms with Gasteiger partial charge in [0.1, 0.15) is 18.2 Å². The van der Waals surface area contributed by atoms with E-state index in [0.717, 1.165) is 23.1 Å². The van der Waals surface area contributed by atoms with E-state index < -0.39 is 42.6 Å². The van der Waals surface area contributed by atoms with Crippen LogP contribution in [0.1, 0.15) is 23.1 Å². The number of hydrogen-bond acceptors (Lipinski definition) is 3. The molecule has 0 aromatic heterocycles. The van der Waals surface area contributed by atoms with Crippen molar-refractivity contribution in [1.29, 1.82) is 0 Å². The van der Waals surface area contributed by atoms with Crippen LogP contribution in [-0.2, 0) is 24.1 Å². The van der Waals surface area contributed by atoms with E-state index in [1.54, 1.807) is 4.90 Å². The van der Waals surface area contributed by atoms with Crippen LogP contribution in [0.15, 0.2) is 42.5 Å². The highest BCUT2D eigenvalue weighted by molar-refractivity contribution is 5.80. The normalized spacial score (nSPS) is 15.2. The molecule has 11 heteroatoms. The van der Waals surface area contributed by atoms with E-state index in [4.69, 9.17) is 4.74 Å². The number of nitrogens with zero attached hydrogens (tertiary/aromatic N) is 2. The van der Waals surface area contributed by atoms with E-state index in [0.29, 0.717) is 18.7 Å². The summed E-state index contributed by atoms with van der Waals surface area (Å²) in [6.07, 6.45) is -9.87. The fourth-order valence-electron chi connectivity index (χ4n) is 3.56. The third-order valence-corrected chi connectivity index (χ3v) is 5.49. The Balaban J connectivity index is 1.48. The third-order valence-electron chi connectivity index (χ3n) is 5.49. The van der Waals surface area contributed by atoms with Gasteiger partial charge in [0.2, 0.25) is 5.91 Å². The van der Waals surface area contributed by atoms with Crippen molar-refractivity contribution in [3.8, 4) is 5.75 Å². The zero-order chi connectivity index (χ0) is 25.1. The van der Waals surface area contributed by atoms with Gasteiger partial charge in [-0.15, -0.1) is 0 Å². The van der Waals surface area contributed by atoms with Gasteiger partial charge in [0, 0.05) is 44.9 Å². The molecular weight excluding hydrogens is 469 g/mol. The van der Waals surface area contributed by atoms with Crippen molar-refractivity contribution >= 4 is 5.91 Å². The van der Waals surface area contributed by atoms with Crippen LogP contribution in [0.5, 0.6) is 5.75 Å². The minimum absolute atomic E-state index is 0.154. The largest absolute Gasteiger partial charge is 0.489 e. The van der Waals surface area contributed by atoms with E-state index in [9.17, 15) is 35.5 Å². The van der Waals surface area contributed by atoms with Gasteiger partial charge in [-0.3, -0.25) is 9.69 Å². The van der Waals surface area contributed by atoms with Crippen molar-refractivity contribution in [3.05, 3.63) is 65.0 Å². The maximum atomic E-state index is 14.5. The Labute approximate surface area is 191 Å². The fraction of sp³-hybridized carbons (Fsp3) is 0.435. The van der Waals surface area contributed by atoms with Crippen molar-refractivity contribution in [2.24, 2.45) is 5.92 Å². The summed E-state index contributed by atoms with van der Waals surface area (Å²) in [7, 11) is 1.33. The SMILES string of the molecule is CN(CCC(F)(F)F)C(=O)C1CN(Cc2ccc(OCc3cccc(C(F)(F)F)c3)cc2F)C1. The van der Waals surface area contributed by atoms with Gasteiger partial charge < -0.3 is 9.64 Å². The number of benzene rings is 2. The van der Waals surface area contributed by atoms with Crippen LogP contribution >= 0.6 is 0 Å². The van der Waals surface area contributed by atoms with Crippen LogP contribution in [0.25, 0.3) is 0 Å². The lowest BCUT2D eigenvalue weighted by Gasteiger charge is -2.40. The van der Waals surface area contributed by atoms with Gasteiger partial charge in [-0.2, -0.15) is 26.3 Å². The summed E-state index contributed by atoms with van der Waals surface area (Å²) in [4.78, 5) is 15.1. The van der Waals surface area contributed by atoms with Crippen molar-refractivity contribution in [2.75, 3.05) is 26.7 Å². The van der Waals surface area contributed by atoms with E-state index in [1.807, 2.05) is 0 Å². The molecule has 2 aromatic carbocycles. The summed E-state index contributed by atoms with van der Waals surface area (Å²) in [5.74, 6) is -1.23. The predicted molar refractivity (Wildman–Crippen MR) is 109 cm³/mol. The molecule has 1 fully saturated rings. The molecule has 1 amide bonds. The Morgan fingerprint density at radius 3 is 2.41 bits per heavy atom. The fourth-order valence-corrected chi connectivity index (χ4v) is 3.56. The van der Waals surface area contributed by atoms with Crippen LogP contribution in [-0.4, -0.2) is 48.6 Å². The maximum Gasteiger partial charge on any atom is 0.416 e. The molecular formula is C23H23F7N2O2. The smallest absolute Gasteiger partial charge is 0.416 e. The first-order valence-electron chi connectivity index (χ1n) is 10.4. The molecule has 0 saturated carbocycles. The Bertz CT molecular complexity index is 1000. The Kier molecular flexibility index (Phi) is 7.74. The van der Waals surface area contributed by atoms with Crippen molar-refractivity contribution in [1.82, 2.24) is 9.80 Å². The number of alkyl halides is 6. The molecule has 0 bridgehead atoms. The van der Waals surface area contributed by atoms with Crippen LogP contribution in [0.4, 0.5) is 30.7 Å². The maximum absolute atomic E-state index is 14.5. The Hall–Kier alpha value is -2.82. The number of rotatable bonds is 8. The minimum atomic E-state index is -4.47. The molecule has 2 aromatic rings. The summed E-state index contributed by atoms with van der Waals surface area (Å²) in [6, 6.07) is 8.78. The number of carbonyl (C=O) groups excluding carboxylic acids is 1. The van der Waals surface area contributed by atoms with E-state index in [2.05, 4.69) is 0 Å². The van der Waals surface area contributed by atoms with Crippen LogP contribution in [0.3, 0.4) is 0 Å². The number of likely N-dealkylation sites (tertiary alicyclic amines) is 1. The van der Waals surface area contributed by atoms with Gasteiger partial charge in [-0.1, -0.05) is 18.2 Å². The van der Waals surface area contributed by atoms with E-state index in [1.165, 1.54) is 31.3 Å². The van der Waals surface area contributed by atoms with Crippen molar-refractivity contribution < 1.29 is 40.3 Å². The number of halogens is 7. The molecule has 0 radical (unpaired) electrons. The quantitative estimate of drug-likeness (QED) is 0.471. The lowest BCUT2D eigenvalue weighted by atomic mass is 9.97. The summed E-state index contributed by atoms with van der Waals surface area (Å²) in [5, 5.41) is 0. The summed E-state index contributed by atoms with van der Waals surface area (Å²) < 4.78 is 95.2. The number of amides is 1. The average molecular weight is 492 g/mol. The number of ether oxygens (including phenoxy) is 1. The molecule has 0 unspecified atom stereocenters.